The molecule has 0 amide bonds. The van der Waals surface area contributed by atoms with Crippen LogP contribution in [0.25, 0.3) is 5.78 Å². The molecule has 0 spiro atoms. The number of nitrogens with one attached hydrogen (secondary N) is 1. The average molecular weight is 262 g/mol. The van der Waals surface area contributed by atoms with Crippen molar-refractivity contribution < 1.29 is 4.74 Å². The second-order valence-electron chi connectivity index (χ2n) is 4.89. The molecule has 7 heteroatoms. The Labute approximate surface area is 111 Å². The van der Waals surface area contributed by atoms with Gasteiger partial charge in [0.1, 0.15) is 12.1 Å². The van der Waals surface area contributed by atoms with Crippen LogP contribution in [0.1, 0.15) is 5.69 Å². The molecule has 1 aliphatic heterocycles. The van der Waals surface area contributed by atoms with Crippen LogP contribution in [0.3, 0.4) is 0 Å². The number of hydrogen-bond donors (Lipinski definition) is 1. The van der Waals surface area contributed by atoms with Crippen molar-refractivity contribution >= 4 is 11.6 Å². The molecule has 1 aliphatic rings. The predicted octanol–water partition coefficient (Wildman–Crippen LogP) is 0.175. The number of ether oxygens (including phenoxy) is 1. The Morgan fingerprint density at radius 2 is 2.42 bits per heavy atom. The predicted molar refractivity (Wildman–Crippen MR) is 71.2 cm³/mol. The number of rotatable bonds is 3. The summed E-state index contributed by atoms with van der Waals surface area (Å²) in [6, 6.07) is 1.97. The highest BCUT2D eigenvalue weighted by atomic mass is 16.5. The number of anilines is 1. The molecule has 3 rings (SSSR count). The molecule has 0 bridgehead atoms. The maximum atomic E-state index is 5.73. The van der Waals surface area contributed by atoms with Crippen LogP contribution in [0.2, 0.25) is 0 Å². The van der Waals surface area contributed by atoms with E-state index in [1.807, 2.05) is 13.0 Å². The Balaban J connectivity index is 1.72. The fraction of sp³-hybridized carbons (Fsp3) is 0.583. The monoisotopic (exact) mass is 262 g/mol. The van der Waals surface area contributed by atoms with E-state index in [0.717, 1.165) is 37.8 Å². The van der Waals surface area contributed by atoms with Crippen LogP contribution in [0.15, 0.2) is 12.4 Å². The lowest BCUT2D eigenvalue weighted by Crippen LogP contribution is -2.43. The Kier molecular flexibility index (Phi) is 3.31. The zero-order chi connectivity index (χ0) is 13.2. The normalized spacial score (nSPS) is 20.8. The van der Waals surface area contributed by atoms with E-state index in [1.165, 1.54) is 6.33 Å². The number of morpholine rings is 1. The summed E-state index contributed by atoms with van der Waals surface area (Å²) in [5.41, 5.74) is 0.921. The van der Waals surface area contributed by atoms with Crippen molar-refractivity contribution in [3.05, 3.63) is 18.1 Å². The summed E-state index contributed by atoms with van der Waals surface area (Å²) < 4.78 is 7.44. The number of fused-ring (bicyclic) bond motifs is 1. The fourth-order valence-corrected chi connectivity index (χ4v) is 2.27. The zero-order valence-corrected chi connectivity index (χ0v) is 11.2. The van der Waals surface area contributed by atoms with Crippen molar-refractivity contribution in [3.63, 3.8) is 0 Å². The fourth-order valence-electron chi connectivity index (χ4n) is 2.27. The number of hydrogen-bond acceptors (Lipinski definition) is 6. The van der Waals surface area contributed by atoms with E-state index in [1.54, 1.807) is 4.52 Å². The lowest BCUT2D eigenvalue weighted by atomic mass is 10.3. The third kappa shape index (κ3) is 2.66. The molecule has 1 fully saturated rings. The van der Waals surface area contributed by atoms with Crippen molar-refractivity contribution in [1.82, 2.24) is 24.5 Å². The van der Waals surface area contributed by atoms with Gasteiger partial charge in [-0.1, -0.05) is 0 Å². The first kappa shape index (κ1) is 12.3. The third-order valence-electron chi connectivity index (χ3n) is 3.23. The number of aromatic nitrogens is 4. The number of aryl methyl sites for hydroxylation is 1. The highest BCUT2D eigenvalue weighted by Crippen LogP contribution is 2.11. The summed E-state index contributed by atoms with van der Waals surface area (Å²) in [6.45, 7) is 5.43. The molecule has 0 saturated carbocycles. The maximum absolute atomic E-state index is 5.73. The van der Waals surface area contributed by atoms with Crippen LogP contribution in [0.5, 0.6) is 0 Å². The third-order valence-corrected chi connectivity index (χ3v) is 3.23. The van der Waals surface area contributed by atoms with Gasteiger partial charge in [0.2, 0.25) is 0 Å². The molecule has 2 aromatic heterocycles. The van der Waals surface area contributed by atoms with E-state index in [2.05, 4.69) is 32.3 Å². The summed E-state index contributed by atoms with van der Waals surface area (Å²) in [4.78, 5) is 10.7. The minimum Gasteiger partial charge on any atom is -0.374 e. The van der Waals surface area contributed by atoms with E-state index >= 15 is 0 Å². The van der Waals surface area contributed by atoms with Gasteiger partial charge in [-0.25, -0.2) is 4.98 Å². The molecule has 1 N–H and O–H groups in total. The van der Waals surface area contributed by atoms with Gasteiger partial charge in [0, 0.05) is 31.4 Å². The molecular weight excluding hydrogens is 244 g/mol. The van der Waals surface area contributed by atoms with Gasteiger partial charge in [-0.3, -0.25) is 0 Å². The van der Waals surface area contributed by atoms with Gasteiger partial charge in [-0.15, -0.1) is 0 Å². The van der Waals surface area contributed by atoms with Gasteiger partial charge in [0.05, 0.1) is 12.7 Å². The van der Waals surface area contributed by atoms with Gasteiger partial charge in [-0.05, 0) is 14.0 Å². The number of nitrogens with zero attached hydrogens (tertiary/aromatic N) is 5. The molecule has 2 aromatic rings. The first-order valence-corrected chi connectivity index (χ1v) is 6.44. The molecule has 0 aromatic carbocycles. The SMILES string of the molecule is Cc1cc(NCC2CN(C)CCO2)n2ncnc2n1. The van der Waals surface area contributed by atoms with Gasteiger partial charge in [0.25, 0.3) is 5.78 Å². The highest BCUT2D eigenvalue weighted by Gasteiger charge is 2.17. The minimum absolute atomic E-state index is 0.200. The molecule has 0 aliphatic carbocycles. The van der Waals surface area contributed by atoms with Gasteiger partial charge >= 0.3 is 0 Å². The second kappa shape index (κ2) is 5.10. The molecule has 0 radical (unpaired) electrons. The van der Waals surface area contributed by atoms with Crippen LogP contribution in [-0.4, -0.2) is 63.9 Å². The van der Waals surface area contributed by atoms with Crippen LogP contribution in [0.4, 0.5) is 5.82 Å². The van der Waals surface area contributed by atoms with E-state index in [9.17, 15) is 0 Å². The summed E-state index contributed by atoms with van der Waals surface area (Å²) in [6.07, 6.45) is 1.71. The molecule has 1 saturated heterocycles. The van der Waals surface area contributed by atoms with E-state index in [0.29, 0.717) is 5.78 Å². The lowest BCUT2D eigenvalue weighted by Gasteiger charge is -2.30. The summed E-state index contributed by atoms with van der Waals surface area (Å²) >= 11 is 0. The molecule has 1 atom stereocenters. The van der Waals surface area contributed by atoms with Crippen LogP contribution >= 0.6 is 0 Å². The smallest absolute Gasteiger partial charge is 0.254 e. The van der Waals surface area contributed by atoms with Crippen molar-refractivity contribution in [2.45, 2.75) is 13.0 Å². The van der Waals surface area contributed by atoms with Gasteiger partial charge in [-0.2, -0.15) is 14.6 Å². The van der Waals surface area contributed by atoms with Crippen molar-refractivity contribution in [3.8, 4) is 0 Å². The lowest BCUT2D eigenvalue weighted by molar-refractivity contribution is -0.0117. The van der Waals surface area contributed by atoms with E-state index in [-0.39, 0.29) is 6.10 Å². The molecule has 3 heterocycles. The Morgan fingerprint density at radius 1 is 1.53 bits per heavy atom. The molecule has 102 valence electrons. The molecular formula is C12H18N6O. The van der Waals surface area contributed by atoms with Crippen LogP contribution < -0.4 is 5.32 Å². The molecule has 1 unspecified atom stereocenters. The van der Waals surface area contributed by atoms with E-state index < -0.39 is 0 Å². The first-order chi connectivity index (χ1) is 9.22. The Hall–Kier alpha value is -1.73. The first-order valence-electron chi connectivity index (χ1n) is 6.44. The maximum Gasteiger partial charge on any atom is 0.254 e. The van der Waals surface area contributed by atoms with Crippen molar-refractivity contribution in [1.29, 1.82) is 0 Å². The van der Waals surface area contributed by atoms with E-state index in [4.69, 9.17) is 4.74 Å². The quantitative estimate of drug-likeness (QED) is 0.851. The minimum atomic E-state index is 0.200. The standard InChI is InChI=1S/C12H18N6O/c1-9-5-11(18-12(16-9)14-8-15-18)13-6-10-7-17(2)3-4-19-10/h5,8,10,13H,3-4,6-7H2,1-2H3. The molecule has 7 nitrogen and oxygen atoms in total. The second-order valence-corrected chi connectivity index (χ2v) is 4.89. The highest BCUT2D eigenvalue weighted by molar-refractivity contribution is 5.44. The topological polar surface area (TPSA) is 67.6 Å². The van der Waals surface area contributed by atoms with Crippen LogP contribution in [-0.2, 0) is 4.74 Å². The largest absolute Gasteiger partial charge is 0.374 e. The Bertz CT molecular complexity index is 568. The summed E-state index contributed by atoms with van der Waals surface area (Å²) in [5.74, 6) is 1.51. The van der Waals surface area contributed by atoms with Crippen molar-refractivity contribution in [2.24, 2.45) is 0 Å². The summed E-state index contributed by atoms with van der Waals surface area (Å²) in [7, 11) is 2.11. The Morgan fingerprint density at radius 3 is 3.26 bits per heavy atom. The van der Waals surface area contributed by atoms with Crippen LogP contribution in [0, 0.1) is 6.92 Å². The molecule has 19 heavy (non-hydrogen) atoms. The van der Waals surface area contributed by atoms with Crippen molar-refractivity contribution in [2.75, 3.05) is 38.6 Å². The summed E-state index contributed by atoms with van der Waals surface area (Å²) in [5, 5.41) is 7.54. The average Bonchev–Trinajstić information content (AvgIpc) is 2.84. The zero-order valence-electron chi connectivity index (χ0n) is 11.2. The van der Waals surface area contributed by atoms with Gasteiger partial charge < -0.3 is 15.0 Å². The number of likely N-dealkylation sites (N-methyl/N-ethyl adjacent to an activating group) is 1. The van der Waals surface area contributed by atoms with Gasteiger partial charge in [0.15, 0.2) is 0 Å².